The van der Waals surface area contributed by atoms with Gasteiger partial charge in [-0.2, -0.15) is 0 Å². The van der Waals surface area contributed by atoms with Crippen LogP contribution in [0.5, 0.6) is 0 Å². The Morgan fingerprint density at radius 1 is 1.50 bits per heavy atom. The second-order valence-electron chi connectivity index (χ2n) is 5.28. The van der Waals surface area contributed by atoms with Crippen LogP contribution in [-0.2, 0) is 9.53 Å². The Balaban J connectivity index is 2.14. The zero-order chi connectivity index (χ0) is 11.6. The average molecular weight is 222 g/mol. The molecule has 2 heteroatoms. The van der Waals surface area contributed by atoms with E-state index >= 15 is 0 Å². The van der Waals surface area contributed by atoms with Gasteiger partial charge in [0, 0.05) is 12.0 Å². The van der Waals surface area contributed by atoms with Crippen LogP contribution in [0.1, 0.15) is 51.9 Å². The van der Waals surface area contributed by atoms with Crippen molar-refractivity contribution in [2.24, 2.45) is 11.8 Å². The summed E-state index contributed by atoms with van der Waals surface area (Å²) in [4.78, 5) is 11.5. The molecule has 2 aliphatic rings. The second kappa shape index (κ2) is 4.60. The molecule has 0 N–H and O–H groups in total. The smallest absolute Gasteiger partial charge is 0.330 e. The summed E-state index contributed by atoms with van der Waals surface area (Å²) >= 11 is 0. The second-order valence-corrected chi connectivity index (χ2v) is 5.28. The highest BCUT2D eigenvalue weighted by molar-refractivity contribution is 5.81. The third-order valence-electron chi connectivity index (χ3n) is 4.42. The van der Waals surface area contributed by atoms with E-state index in [-0.39, 0.29) is 11.6 Å². The highest BCUT2D eigenvalue weighted by Crippen LogP contribution is 2.53. The molecular formula is C14H22O2. The van der Waals surface area contributed by atoms with Crippen molar-refractivity contribution >= 4 is 5.97 Å². The maximum atomic E-state index is 11.5. The minimum Gasteiger partial charge on any atom is -0.456 e. The summed E-state index contributed by atoms with van der Waals surface area (Å²) in [6.07, 6.45) is 9.62. The van der Waals surface area contributed by atoms with Crippen molar-refractivity contribution in [2.45, 2.75) is 57.5 Å². The summed E-state index contributed by atoms with van der Waals surface area (Å²) in [6.45, 7) is 5.68. The van der Waals surface area contributed by atoms with E-state index in [1.807, 2.05) is 0 Å². The molecule has 3 atom stereocenters. The van der Waals surface area contributed by atoms with Crippen LogP contribution in [0, 0.1) is 11.8 Å². The first kappa shape index (κ1) is 11.7. The van der Waals surface area contributed by atoms with Gasteiger partial charge in [0.1, 0.15) is 5.60 Å². The topological polar surface area (TPSA) is 26.3 Å². The van der Waals surface area contributed by atoms with E-state index in [2.05, 4.69) is 13.5 Å². The van der Waals surface area contributed by atoms with E-state index in [1.165, 1.54) is 31.8 Å². The Morgan fingerprint density at radius 2 is 2.31 bits per heavy atom. The fraction of sp³-hybridized carbons (Fsp3) is 0.786. The van der Waals surface area contributed by atoms with Crippen molar-refractivity contribution in [3.05, 3.63) is 12.7 Å². The number of hydrogen-bond donors (Lipinski definition) is 0. The number of rotatable bonds is 4. The molecule has 0 radical (unpaired) electrons. The zero-order valence-corrected chi connectivity index (χ0v) is 10.2. The zero-order valence-electron chi connectivity index (χ0n) is 10.2. The quantitative estimate of drug-likeness (QED) is 0.538. The maximum absolute atomic E-state index is 11.5. The monoisotopic (exact) mass is 222 g/mol. The third kappa shape index (κ3) is 1.90. The van der Waals surface area contributed by atoms with Gasteiger partial charge in [0.2, 0.25) is 0 Å². The minimum absolute atomic E-state index is 0.152. The van der Waals surface area contributed by atoms with E-state index in [0.29, 0.717) is 5.92 Å². The molecule has 2 saturated carbocycles. The van der Waals surface area contributed by atoms with Crippen LogP contribution >= 0.6 is 0 Å². The van der Waals surface area contributed by atoms with Crippen molar-refractivity contribution in [2.75, 3.05) is 0 Å². The lowest BCUT2D eigenvalue weighted by Crippen LogP contribution is -2.38. The molecule has 0 aromatic carbocycles. The first-order valence-electron chi connectivity index (χ1n) is 6.57. The molecule has 0 spiro atoms. The Morgan fingerprint density at radius 3 is 3.00 bits per heavy atom. The molecular weight excluding hydrogens is 200 g/mol. The number of esters is 1. The molecule has 2 aliphatic carbocycles. The number of hydrogen-bond acceptors (Lipinski definition) is 2. The van der Waals surface area contributed by atoms with Gasteiger partial charge in [-0.1, -0.05) is 32.8 Å². The molecule has 0 aliphatic heterocycles. The molecule has 2 rings (SSSR count). The van der Waals surface area contributed by atoms with Crippen LogP contribution in [0.2, 0.25) is 0 Å². The van der Waals surface area contributed by atoms with Gasteiger partial charge in [-0.25, -0.2) is 4.79 Å². The molecule has 0 aromatic rings. The van der Waals surface area contributed by atoms with Gasteiger partial charge in [0.15, 0.2) is 0 Å². The van der Waals surface area contributed by atoms with Crippen LogP contribution in [0.25, 0.3) is 0 Å². The van der Waals surface area contributed by atoms with E-state index < -0.39 is 0 Å². The van der Waals surface area contributed by atoms with E-state index in [9.17, 15) is 4.79 Å². The number of ether oxygens (including phenoxy) is 1. The van der Waals surface area contributed by atoms with Gasteiger partial charge >= 0.3 is 5.97 Å². The molecule has 0 amide bonds. The lowest BCUT2D eigenvalue weighted by molar-refractivity contribution is -0.159. The van der Waals surface area contributed by atoms with Gasteiger partial charge in [0.25, 0.3) is 0 Å². The molecule has 0 heterocycles. The van der Waals surface area contributed by atoms with E-state index in [4.69, 9.17) is 4.74 Å². The van der Waals surface area contributed by atoms with Crippen molar-refractivity contribution in [1.29, 1.82) is 0 Å². The van der Waals surface area contributed by atoms with Crippen LogP contribution < -0.4 is 0 Å². The molecule has 3 unspecified atom stereocenters. The molecule has 2 nitrogen and oxygen atoms in total. The molecule has 16 heavy (non-hydrogen) atoms. The Labute approximate surface area is 98.1 Å². The highest BCUT2D eigenvalue weighted by Gasteiger charge is 2.51. The Bertz CT molecular complexity index is 280. The van der Waals surface area contributed by atoms with Crippen molar-refractivity contribution in [3.8, 4) is 0 Å². The van der Waals surface area contributed by atoms with Crippen LogP contribution in [-0.4, -0.2) is 11.6 Å². The van der Waals surface area contributed by atoms with E-state index in [0.717, 1.165) is 25.2 Å². The Kier molecular flexibility index (Phi) is 3.36. The van der Waals surface area contributed by atoms with Gasteiger partial charge in [-0.05, 0) is 31.6 Å². The van der Waals surface area contributed by atoms with Crippen LogP contribution in [0.3, 0.4) is 0 Å². The lowest BCUT2D eigenvalue weighted by Gasteiger charge is -2.34. The standard InChI is InChI=1S/C14H22O2/c1-3-9-14(16-13(15)4-2)10-8-11-6-5-7-12(11)14/h4,11-12H,2-3,5-10H2,1H3. The summed E-state index contributed by atoms with van der Waals surface area (Å²) in [5.74, 6) is 1.20. The SMILES string of the molecule is C=CC(=O)OC1(CCC)CCC2CCCC21. The average Bonchev–Trinajstić information content (AvgIpc) is 2.84. The summed E-state index contributed by atoms with van der Waals surface area (Å²) in [5, 5.41) is 0. The summed E-state index contributed by atoms with van der Waals surface area (Å²) < 4.78 is 5.75. The van der Waals surface area contributed by atoms with Crippen molar-refractivity contribution in [1.82, 2.24) is 0 Å². The largest absolute Gasteiger partial charge is 0.456 e. The number of fused-ring (bicyclic) bond motifs is 1. The maximum Gasteiger partial charge on any atom is 0.330 e. The molecule has 0 saturated heterocycles. The highest BCUT2D eigenvalue weighted by atomic mass is 16.6. The predicted octanol–water partition coefficient (Wildman–Crippen LogP) is 3.46. The summed E-state index contributed by atoms with van der Waals surface area (Å²) in [6, 6.07) is 0. The van der Waals surface area contributed by atoms with Crippen LogP contribution in [0.4, 0.5) is 0 Å². The Hall–Kier alpha value is -0.790. The van der Waals surface area contributed by atoms with Gasteiger partial charge in [0.05, 0.1) is 0 Å². The fourth-order valence-corrected chi connectivity index (χ4v) is 3.84. The summed E-state index contributed by atoms with van der Waals surface area (Å²) in [7, 11) is 0. The fourth-order valence-electron chi connectivity index (χ4n) is 3.84. The third-order valence-corrected chi connectivity index (χ3v) is 4.42. The predicted molar refractivity (Wildman–Crippen MR) is 64.0 cm³/mol. The molecule has 2 fully saturated rings. The molecule has 90 valence electrons. The molecule has 0 bridgehead atoms. The van der Waals surface area contributed by atoms with Gasteiger partial charge in [-0.15, -0.1) is 0 Å². The lowest BCUT2D eigenvalue weighted by atomic mass is 9.84. The minimum atomic E-state index is -0.235. The van der Waals surface area contributed by atoms with Crippen molar-refractivity contribution < 1.29 is 9.53 Å². The van der Waals surface area contributed by atoms with Gasteiger partial charge in [-0.3, -0.25) is 0 Å². The van der Waals surface area contributed by atoms with E-state index in [1.54, 1.807) is 0 Å². The summed E-state index contributed by atoms with van der Waals surface area (Å²) in [5.41, 5.74) is -0.152. The van der Waals surface area contributed by atoms with Gasteiger partial charge < -0.3 is 4.74 Å². The normalized spacial score (nSPS) is 37.1. The first-order chi connectivity index (χ1) is 7.72. The van der Waals surface area contributed by atoms with Crippen molar-refractivity contribution in [3.63, 3.8) is 0 Å². The van der Waals surface area contributed by atoms with Crippen LogP contribution in [0.15, 0.2) is 12.7 Å². The first-order valence-corrected chi connectivity index (χ1v) is 6.57. The number of carbonyl (C=O) groups excluding carboxylic acids is 1. The number of carbonyl (C=O) groups is 1. The molecule has 0 aromatic heterocycles.